The maximum Gasteiger partial charge on any atom is 0.279 e. The lowest BCUT2D eigenvalue weighted by atomic mass is 9.96. The summed E-state index contributed by atoms with van der Waals surface area (Å²) in [5.74, 6) is 0. The minimum Gasteiger partial charge on any atom is -0.267 e. The molecular formula is C17H15N3O. The van der Waals surface area contributed by atoms with Crippen LogP contribution < -0.4 is 5.56 Å². The van der Waals surface area contributed by atoms with Crippen LogP contribution in [0.1, 0.15) is 23.5 Å². The largest absolute Gasteiger partial charge is 0.279 e. The molecule has 0 unspecified atom stereocenters. The van der Waals surface area contributed by atoms with Crippen LogP contribution in [-0.4, -0.2) is 14.8 Å². The SMILES string of the molecule is Cc1cc2c(=O)n(-c3ccccc3)nc3c2c(n1)CCC3. The Morgan fingerprint density at radius 2 is 1.86 bits per heavy atom. The molecule has 0 spiro atoms. The Morgan fingerprint density at radius 3 is 2.67 bits per heavy atom. The summed E-state index contributed by atoms with van der Waals surface area (Å²) in [6.07, 6.45) is 2.88. The van der Waals surface area contributed by atoms with Gasteiger partial charge in [0.2, 0.25) is 0 Å². The van der Waals surface area contributed by atoms with Crippen molar-refractivity contribution in [3.05, 3.63) is 63.8 Å². The molecule has 0 amide bonds. The van der Waals surface area contributed by atoms with Crippen LogP contribution in [0.5, 0.6) is 0 Å². The molecule has 0 aliphatic heterocycles. The first-order chi connectivity index (χ1) is 10.2. The molecule has 0 N–H and O–H groups in total. The minimum absolute atomic E-state index is 0.0615. The molecule has 4 heteroatoms. The van der Waals surface area contributed by atoms with Gasteiger partial charge in [0.25, 0.3) is 5.56 Å². The van der Waals surface area contributed by atoms with Crippen LogP contribution >= 0.6 is 0 Å². The van der Waals surface area contributed by atoms with Gasteiger partial charge >= 0.3 is 0 Å². The molecule has 2 heterocycles. The Morgan fingerprint density at radius 1 is 1.10 bits per heavy atom. The van der Waals surface area contributed by atoms with Gasteiger partial charge in [-0.15, -0.1) is 0 Å². The van der Waals surface area contributed by atoms with E-state index in [4.69, 9.17) is 0 Å². The van der Waals surface area contributed by atoms with Gasteiger partial charge in [-0.1, -0.05) is 18.2 Å². The molecule has 4 nitrogen and oxygen atoms in total. The van der Waals surface area contributed by atoms with E-state index >= 15 is 0 Å². The summed E-state index contributed by atoms with van der Waals surface area (Å²) in [5.41, 5.74) is 3.65. The third kappa shape index (κ3) is 1.87. The molecule has 0 saturated carbocycles. The van der Waals surface area contributed by atoms with Crippen molar-refractivity contribution in [3.63, 3.8) is 0 Å². The van der Waals surface area contributed by atoms with Gasteiger partial charge in [-0.05, 0) is 44.4 Å². The fourth-order valence-corrected chi connectivity index (χ4v) is 3.08. The lowest BCUT2D eigenvalue weighted by Crippen LogP contribution is -2.25. The molecule has 0 bridgehead atoms. The second-order valence-corrected chi connectivity index (χ2v) is 5.49. The molecule has 21 heavy (non-hydrogen) atoms. The first-order valence-corrected chi connectivity index (χ1v) is 7.22. The quantitative estimate of drug-likeness (QED) is 0.687. The molecule has 1 aliphatic rings. The van der Waals surface area contributed by atoms with Crippen LogP contribution in [0.25, 0.3) is 16.5 Å². The molecular weight excluding hydrogens is 262 g/mol. The Labute approximate surface area is 122 Å². The Hall–Kier alpha value is -2.49. The highest BCUT2D eigenvalue weighted by atomic mass is 16.1. The van der Waals surface area contributed by atoms with Crippen molar-refractivity contribution in [2.75, 3.05) is 0 Å². The fraction of sp³-hybridized carbons (Fsp3) is 0.235. The zero-order valence-corrected chi connectivity index (χ0v) is 11.8. The second kappa shape index (κ2) is 4.52. The minimum atomic E-state index is -0.0615. The van der Waals surface area contributed by atoms with E-state index in [9.17, 15) is 4.79 Å². The number of para-hydroxylation sites is 1. The van der Waals surface area contributed by atoms with Crippen molar-refractivity contribution in [1.82, 2.24) is 14.8 Å². The average molecular weight is 277 g/mol. The smallest absolute Gasteiger partial charge is 0.267 e. The Bertz CT molecular complexity index is 897. The van der Waals surface area contributed by atoms with E-state index < -0.39 is 0 Å². The summed E-state index contributed by atoms with van der Waals surface area (Å²) in [5, 5.41) is 6.31. The molecule has 4 rings (SSSR count). The Balaban J connectivity index is 2.13. The second-order valence-electron chi connectivity index (χ2n) is 5.49. The van der Waals surface area contributed by atoms with E-state index in [2.05, 4.69) is 10.1 Å². The van der Waals surface area contributed by atoms with Crippen LogP contribution in [0.3, 0.4) is 0 Å². The summed E-state index contributed by atoms with van der Waals surface area (Å²) in [4.78, 5) is 17.4. The molecule has 1 aromatic carbocycles. The molecule has 104 valence electrons. The maximum atomic E-state index is 12.8. The normalized spacial score (nSPS) is 13.6. The summed E-state index contributed by atoms with van der Waals surface area (Å²) in [6.45, 7) is 1.94. The van der Waals surface area contributed by atoms with Crippen molar-refractivity contribution >= 4 is 10.8 Å². The number of rotatable bonds is 1. The number of nitrogens with zero attached hydrogens (tertiary/aromatic N) is 3. The lowest BCUT2D eigenvalue weighted by Gasteiger charge is -2.17. The number of hydrogen-bond acceptors (Lipinski definition) is 3. The number of pyridine rings is 1. The lowest BCUT2D eigenvalue weighted by molar-refractivity contribution is 0.707. The predicted molar refractivity (Wildman–Crippen MR) is 81.9 cm³/mol. The van der Waals surface area contributed by atoms with Crippen molar-refractivity contribution in [2.45, 2.75) is 26.2 Å². The van der Waals surface area contributed by atoms with Gasteiger partial charge in [0.05, 0.1) is 22.5 Å². The van der Waals surface area contributed by atoms with Gasteiger partial charge in [-0.3, -0.25) is 9.78 Å². The summed E-state index contributed by atoms with van der Waals surface area (Å²) >= 11 is 0. The number of aryl methyl sites for hydroxylation is 3. The average Bonchev–Trinajstić information content (AvgIpc) is 2.51. The first kappa shape index (κ1) is 12.3. The molecule has 0 atom stereocenters. The molecule has 2 aromatic heterocycles. The van der Waals surface area contributed by atoms with E-state index in [1.807, 2.05) is 43.3 Å². The summed E-state index contributed by atoms with van der Waals surface area (Å²) in [6, 6.07) is 11.5. The third-order valence-electron chi connectivity index (χ3n) is 3.98. The van der Waals surface area contributed by atoms with E-state index in [1.54, 1.807) is 0 Å². The van der Waals surface area contributed by atoms with Crippen LogP contribution in [0.2, 0.25) is 0 Å². The van der Waals surface area contributed by atoms with Crippen LogP contribution in [0, 0.1) is 6.92 Å². The van der Waals surface area contributed by atoms with Gasteiger partial charge < -0.3 is 0 Å². The Kier molecular flexibility index (Phi) is 2.64. The van der Waals surface area contributed by atoms with Crippen LogP contribution in [-0.2, 0) is 12.8 Å². The van der Waals surface area contributed by atoms with Gasteiger partial charge in [-0.2, -0.15) is 9.78 Å². The topological polar surface area (TPSA) is 47.8 Å². The molecule has 1 aliphatic carbocycles. The van der Waals surface area contributed by atoms with Gasteiger partial charge in [0, 0.05) is 11.1 Å². The van der Waals surface area contributed by atoms with Crippen molar-refractivity contribution in [3.8, 4) is 5.69 Å². The standard InChI is InChI=1S/C17H15N3O/c1-11-10-13-16-14(18-11)8-5-9-15(16)19-20(17(13)21)12-6-3-2-4-7-12/h2-4,6-7,10H,5,8-9H2,1H3. The van der Waals surface area contributed by atoms with Gasteiger partial charge in [0.15, 0.2) is 0 Å². The maximum absolute atomic E-state index is 12.8. The van der Waals surface area contributed by atoms with Crippen molar-refractivity contribution in [1.29, 1.82) is 0 Å². The number of benzene rings is 1. The van der Waals surface area contributed by atoms with E-state index in [0.29, 0.717) is 0 Å². The summed E-state index contributed by atoms with van der Waals surface area (Å²) < 4.78 is 1.52. The van der Waals surface area contributed by atoms with E-state index in [0.717, 1.165) is 52.8 Å². The van der Waals surface area contributed by atoms with Gasteiger partial charge in [-0.25, -0.2) is 0 Å². The third-order valence-corrected chi connectivity index (χ3v) is 3.98. The zero-order valence-electron chi connectivity index (χ0n) is 11.8. The first-order valence-electron chi connectivity index (χ1n) is 7.22. The molecule has 0 fully saturated rings. The predicted octanol–water partition coefficient (Wildman–Crippen LogP) is 2.58. The highest BCUT2D eigenvalue weighted by molar-refractivity contribution is 5.87. The highest BCUT2D eigenvalue weighted by Gasteiger charge is 2.19. The van der Waals surface area contributed by atoms with Crippen molar-refractivity contribution < 1.29 is 0 Å². The van der Waals surface area contributed by atoms with Gasteiger partial charge in [0.1, 0.15) is 0 Å². The molecule has 3 aromatic rings. The molecule has 0 saturated heterocycles. The zero-order chi connectivity index (χ0) is 14.4. The summed E-state index contributed by atoms with van der Waals surface area (Å²) in [7, 11) is 0. The monoisotopic (exact) mass is 277 g/mol. The molecule has 0 radical (unpaired) electrons. The van der Waals surface area contributed by atoms with Crippen LogP contribution in [0.15, 0.2) is 41.2 Å². The number of aromatic nitrogens is 3. The van der Waals surface area contributed by atoms with E-state index in [-0.39, 0.29) is 5.56 Å². The van der Waals surface area contributed by atoms with Crippen molar-refractivity contribution in [2.24, 2.45) is 0 Å². The van der Waals surface area contributed by atoms with E-state index in [1.165, 1.54) is 4.68 Å². The highest BCUT2D eigenvalue weighted by Crippen LogP contribution is 2.26. The van der Waals surface area contributed by atoms with Crippen LogP contribution in [0.4, 0.5) is 0 Å². The number of hydrogen-bond donors (Lipinski definition) is 0. The fourth-order valence-electron chi connectivity index (χ4n) is 3.08.